The quantitative estimate of drug-likeness (QED) is 0.431. The number of carbonyl (C=O) groups is 3. The lowest BCUT2D eigenvalue weighted by atomic mass is 9.98. The summed E-state index contributed by atoms with van der Waals surface area (Å²) in [6.45, 7) is 0.204. The van der Waals surface area contributed by atoms with E-state index in [0.29, 0.717) is 0 Å². The van der Waals surface area contributed by atoms with E-state index < -0.39 is 24.1 Å². The Balaban J connectivity index is 1.39. The molecule has 2 aromatic carbocycles. The summed E-state index contributed by atoms with van der Waals surface area (Å²) in [5, 5.41) is 18.3. The minimum atomic E-state index is -1.11. The van der Waals surface area contributed by atoms with Gasteiger partial charge in [-0.15, -0.1) is 0 Å². The van der Waals surface area contributed by atoms with Crippen molar-refractivity contribution in [2.24, 2.45) is 7.05 Å². The Morgan fingerprint density at radius 2 is 1.71 bits per heavy atom. The predicted molar refractivity (Wildman–Crippen MR) is 127 cm³/mol. The highest BCUT2D eigenvalue weighted by Gasteiger charge is 2.29. The second-order valence-electron chi connectivity index (χ2n) is 8.09. The smallest absolute Gasteiger partial charge is 0.412 e. The summed E-state index contributed by atoms with van der Waals surface area (Å²) in [5.41, 5.74) is 4.57. The molecule has 0 saturated carbocycles. The van der Waals surface area contributed by atoms with Crippen LogP contribution in [0.2, 0.25) is 0 Å². The van der Waals surface area contributed by atoms with E-state index in [1.165, 1.54) is 18.0 Å². The minimum absolute atomic E-state index is 0.0723. The fourth-order valence-electron chi connectivity index (χ4n) is 4.24. The third-order valence-electron chi connectivity index (χ3n) is 6.00. The number of aromatic nitrogens is 2. The Hall–Kier alpha value is -4.18. The van der Waals surface area contributed by atoms with Crippen molar-refractivity contribution in [2.75, 3.05) is 25.6 Å². The van der Waals surface area contributed by atoms with Gasteiger partial charge in [0.05, 0.1) is 6.20 Å². The topological polar surface area (TPSA) is 132 Å². The molecule has 10 nitrogen and oxygen atoms in total. The Kier molecular flexibility index (Phi) is 7.11. The maximum atomic E-state index is 12.6. The number of aliphatic carboxylic acids is 1. The molecular weight excluding hydrogens is 452 g/mol. The molecule has 1 aliphatic carbocycles. The predicted octanol–water partition coefficient (Wildman–Crippen LogP) is 3.00. The normalized spacial score (nSPS) is 13.0. The number of hydrogen-bond donors (Lipinski definition) is 3. The number of benzene rings is 2. The molecule has 1 atom stereocenters. The molecule has 182 valence electrons. The highest BCUT2D eigenvalue weighted by atomic mass is 16.5. The van der Waals surface area contributed by atoms with Gasteiger partial charge in [0.1, 0.15) is 18.0 Å². The molecule has 4 rings (SSSR count). The van der Waals surface area contributed by atoms with Crippen molar-refractivity contribution in [3.63, 3.8) is 0 Å². The van der Waals surface area contributed by atoms with Gasteiger partial charge in [-0.2, -0.15) is 5.10 Å². The number of rotatable bonds is 9. The number of nitrogens with zero attached hydrogens (tertiary/aromatic N) is 2. The first-order chi connectivity index (χ1) is 16.9. The third kappa shape index (κ3) is 5.02. The number of fused-ring (bicyclic) bond motifs is 3. The van der Waals surface area contributed by atoms with E-state index in [0.717, 1.165) is 22.3 Å². The lowest BCUT2D eigenvalue weighted by Crippen LogP contribution is -2.31. The van der Waals surface area contributed by atoms with Crippen LogP contribution in [0.25, 0.3) is 11.1 Å². The van der Waals surface area contributed by atoms with Gasteiger partial charge in [-0.05, 0) is 22.3 Å². The van der Waals surface area contributed by atoms with Gasteiger partial charge in [-0.1, -0.05) is 48.5 Å². The lowest BCUT2D eigenvalue weighted by Gasteiger charge is -2.15. The number of carbonyl (C=O) groups excluding carboxylic acids is 2. The monoisotopic (exact) mass is 478 g/mol. The van der Waals surface area contributed by atoms with Crippen LogP contribution in [0.5, 0.6) is 0 Å². The van der Waals surface area contributed by atoms with Crippen LogP contribution in [-0.2, 0) is 21.3 Å². The number of carboxylic acids is 1. The molecule has 35 heavy (non-hydrogen) atoms. The fourth-order valence-corrected chi connectivity index (χ4v) is 4.24. The van der Waals surface area contributed by atoms with Crippen molar-refractivity contribution in [1.29, 1.82) is 0 Å². The maximum Gasteiger partial charge on any atom is 0.412 e. The van der Waals surface area contributed by atoms with E-state index in [-0.39, 0.29) is 36.9 Å². The third-order valence-corrected chi connectivity index (χ3v) is 6.00. The van der Waals surface area contributed by atoms with Gasteiger partial charge >= 0.3 is 12.1 Å². The first-order valence-electron chi connectivity index (χ1n) is 11.1. The number of amides is 2. The van der Waals surface area contributed by atoms with E-state index in [4.69, 9.17) is 14.6 Å². The van der Waals surface area contributed by atoms with Crippen LogP contribution in [0, 0.1) is 0 Å². The Morgan fingerprint density at radius 3 is 2.31 bits per heavy atom. The zero-order chi connectivity index (χ0) is 24.9. The van der Waals surface area contributed by atoms with Gasteiger partial charge in [-0.25, -0.2) is 9.59 Å². The molecule has 0 bridgehead atoms. The molecule has 1 aromatic heterocycles. The van der Waals surface area contributed by atoms with Crippen molar-refractivity contribution >= 4 is 23.8 Å². The first kappa shape index (κ1) is 24.0. The van der Waals surface area contributed by atoms with Crippen molar-refractivity contribution in [2.45, 2.75) is 18.4 Å². The number of hydrogen-bond acceptors (Lipinski definition) is 6. The molecule has 0 spiro atoms. The van der Waals surface area contributed by atoms with Gasteiger partial charge in [0.25, 0.3) is 5.91 Å². The van der Waals surface area contributed by atoms with E-state index >= 15 is 0 Å². The average Bonchev–Trinajstić information content (AvgIpc) is 3.38. The summed E-state index contributed by atoms with van der Waals surface area (Å²) in [6.07, 6.45) is -0.329. The van der Waals surface area contributed by atoms with E-state index in [1.54, 1.807) is 7.05 Å². The maximum absolute atomic E-state index is 12.6. The van der Waals surface area contributed by atoms with E-state index in [1.807, 2.05) is 36.4 Å². The van der Waals surface area contributed by atoms with Crippen LogP contribution in [0.3, 0.4) is 0 Å². The molecule has 2 amide bonds. The average molecular weight is 479 g/mol. The summed E-state index contributed by atoms with van der Waals surface area (Å²) in [6, 6.07) is 16.1. The molecule has 10 heteroatoms. The highest BCUT2D eigenvalue weighted by Crippen LogP contribution is 2.44. The van der Waals surface area contributed by atoms with Crippen molar-refractivity contribution in [1.82, 2.24) is 15.1 Å². The van der Waals surface area contributed by atoms with E-state index in [2.05, 4.69) is 27.9 Å². The highest BCUT2D eigenvalue weighted by molar-refractivity contribution is 6.01. The van der Waals surface area contributed by atoms with Crippen LogP contribution in [-0.4, -0.2) is 59.2 Å². The SMILES string of the molecule is COC(CCNC(=O)c1cnn(C)c1NC(=O)OCC1c2ccccc2-c2ccccc21)C(=O)O. The summed E-state index contributed by atoms with van der Waals surface area (Å²) in [4.78, 5) is 36.3. The molecule has 0 aliphatic heterocycles. The minimum Gasteiger partial charge on any atom is -0.479 e. The molecule has 1 heterocycles. The molecule has 1 unspecified atom stereocenters. The van der Waals surface area contributed by atoms with Gasteiger partial charge in [0.2, 0.25) is 0 Å². The Bertz CT molecular complexity index is 1210. The van der Waals surface area contributed by atoms with Crippen LogP contribution < -0.4 is 10.6 Å². The molecule has 1 aliphatic rings. The number of anilines is 1. The zero-order valence-electron chi connectivity index (χ0n) is 19.4. The Labute approximate surface area is 201 Å². The van der Waals surface area contributed by atoms with Crippen LogP contribution in [0.4, 0.5) is 10.6 Å². The standard InChI is InChI=1S/C25H26N4O6/c1-29-22(19(13-27-29)23(30)26-12-11-21(34-2)24(31)32)28-25(33)35-14-20-17-9-5-3-7-15(17)16-8-4-6-10-18(16)20/h3-10,13,20-21H,11-12,14H2,1-2H3,(H,26,30)(H,28,33)(H,31,32). The summed E-state index contributed by atoms with van der Waals surface area (Å²) >= 11 is 0. The summed E-state index contributed by atoms with van der Waals surface area (Å²) < 4.78 is 11.8. The second kappa shape index (κ2) is 10.4. The molecule has 0 radical (unpaired) electrons. The Morgan fingerprint density at radius 1 is 1.09 bits per heavy atom. The van der Waals surface area contributed by atoms with Crippen LogP contribution in [0.15, 0.2) is 54.7 Å². The van der Waals surface area contributed by atoms with Gasteiger partial charge in [0.15, 0.2) is 6.10 Å². The molecule has 0 fully saturated rings. The number of ether oxygens (including phenoxy) is 2. The lowest BCUT2D eigenvalue weighted by molar-refractivity contribution is -0.148. The number of nitrogens with one attached hydrogen (secondary N) is 2. The van der Waals surface area contributed by atoms with Crippen molar-refractivity contribution in [3.05, 3.63) is 71.4 Å². The largest absolute Gasteiger partial charge is 0.479 e. The zero-order valence-corrected chi connectivity index (χ0v) is 19.4. The van der Waals surface area contributed by atoms with Crippen LogP contribution >= 0.6 is 0 Å². The second-order valence-corrected chi connectivity index (χ2v) is 8.09. The van der Waals surface area contributed by atoms with Crippen molar-refractivity contribution in [3.8, 4) is 11.1 Å². The van der Waals surface area contributed by atoms with Gasteiger partial charge in [-0.3, -0.25) is 14.8 Å². The van der Waals surface area contributed by atoms with Gasteiger partial charge in [0, 0.05) is 33.0 Å². The number of aryl methyl sites for hydroxylation is 1. The van der Waals surface area contributed by atoms with E-state index in [9.17, 15) is 14.4 Å². The molecule has 3 aromatic rings. The molecule has 0 saturated heterocycles. The van der Waals surface area contributed by atoms with Crippen molar-refractivity contribution < 1.29 is 29.0 Å². The van der Waals surface area contributed by atoms with Gasteiger partial charge < -0.3 is 19.9 Å². The molecular formula is C25H26N4O6. The summed E-state index contributed by atoms with van der Waals surface area (Å²) in [7, 11) is 2.87. The number of carboxylic acid groups (broad SMARTS) is 1. The fraction of sp³-hybridized carbons (Fsp3) is 0.280. The summed E-state index contributed by atoms with van der Waals surface area (Å²) in [5.74, 6) is -1.54. The first-order valence-corrected chi connectivity index (χ1v) is 11.1. The van der Waals surface area contributed by atoms with Crippen LogP contribution in [0.1, 0.15) is 33.8 Å². The number of methoxy groups -OCH3 is 1. The molecule has 3 N–H and O–H groups in total.